The van der Waals surface area contributed by atoms with Crippen molar-refractivity contribution in [1.29, 1.82) is 0 Å². The summed E-state index contributed by atoms with van der Waals surface area (Å²) in [6, 6.07) is 0.571. The highest BCUT2D eigenvalue weighted by Gasteiger charge is 2.07. The van der Waals surface area contributed by atoms with Crippen molar-refractivity contribution >= 4 is 0 Å². The van der Waals surface area contributed by atoms with E-state index in [1.807, 2.05) is 0 Å². The molecule has 20 heavy (non-hydrogen) atoms. The molecule has 0 saturated carbocycles. The van der Waals surface area contributed by atoms with Crippen LogP contribution in [-0.4, -0.2) is 25.8 Å². The van der Waals surface area contributed by atoms with Gasteiger partial charge in [0.15, 0.2) is 0 Å². The van der Waals surface area contributed by atoms with Crippen LogP contribution in [0.15, 0.2) is 0 Å². The molecule has 2 heteroatoms. The second-order valence-corrected chi connectivity index (χ2v) is 5.99. The van der Waals surface area contributed by atoms with Crippen LogP contribution in [0.1, 0.15) is 91.4 Å². The first-order chi connectivity index (χ1) is 9.85. The molecular formula is C18H39NO. The van der Waals surface area contributed by atoms with Crippen LogP contribution in [-0.2, 0) is 4.74 Å². The summed E-state index contributed by atoms with van der Waals surface area (Å²) >= 11 is 0. The molecule has 122 valence electrons. The van der Waals surface area contributed by atoms with Crippen LogP contribution in [0.2, 0.25) is 0 Å². The molecule has 0 fully saturated rings. The van der Waals surface area contributed by atoms with Gasteiger partial charge in [-0.1, -0.05) is 72.1 Å². The van der Waals surface area contributed by atoms with Crippen LogP contribution in [0.5, 0.6) is 0 Å². The number of ether oxygens (including phenoxy) is 1. The van der Waals surface area contributed by atoms with Crippen LogP contribution >= 0.6 is 0 Å². The Morgan fingerprint density at radius 1 is 0.750 bits per heavy atom. The van der Waals surface area contributed by atoms with Gasteiger partial charge in [-0.3, -0.25) is 0 Å². The molecule has 0 aromatic rings. The van der Waals surface area contributed by atoms with Crippen molar-refractivity contribution < 1.29 is 4.74 Å². The third-order valence-corrected chi connectivity index (χ3v) is 3.76. The fourth-order valence-electron chi connectivity index (χ4n) is 2.49. The topological polar surface area (TPSA) is 21.3 Å². The Morgan fingerprint density at radius 2 is 1.40 bits per heavy atom. The summed E-state index contributed by atoms with van der Waals surface area (Å²) in [5.74, 6) is 0. The smallest absolute Gasteiger partial charge is 0.0619 e. The first kappa shape index (κ1) is 19.9. The minimum absolute atomic E-state index is 0.571. The van der Waals surface area contributed by atoms with Gasteiger partial charge in [0.05, 0.1) is 6.61 Å². The SMILES string of the molecule is CCCCCCCCCCC(COCCC)NCCC. The van der Waals surface area contributed by atoms with Gasteiger partial charge in [0, 0.05) is 12.6 Å². The molecule has 1 atom stereocenters. The Bertz CT molecular complexity index is 173. The first-order valence-corrected chi connectivity index (χ1v) is 9.16. The molecule has 0 amide bonds. The Hall–Kier alpha value is -0.0800. The van der Waals surface area contributed by atoms with E-state index in [9.17, 15) is 0 Å². The van der Waals surface area contributed by atoms with Gasteiger partial charge in [0.2, 0.25) is 0 Å². The van der Waals surface area contributed by atoms with Crippen molar-refractivity contribution in [2.24, 2.45) is 0 Å². The number of nitrogens with one attached hydrogen (secondary N) is 1. The summed E-state index contributed by atoms with van der Waals surface area (Å²) in [7, 11) is 0. The van der Waals surface area contributed by atoms with Crippen LogP contribution in [0.25, 0.3) is 0 Å². The van der Waals surface area contributed by atoms with Crippen molar-refractivity contribution in [3.8, 4) is 0 Å². The van der Waals surface area contributed by atoms with E-state index in [-0.39, 0.29) is 0 Å². The Labute approximate surface area is 128 Å². The maximum Gasteiger partial charge on any atom is 0.0619 e. The molecule has 0 rings (SSSR count). The van der Waals surface area contributed by atoms with E-state index < -0.39 is 0 Å². The zero-order valence-electron chi connectivity index (χ0n) is 14.4. The molecule has 0 heterocycles. The van der Waals surface area contributed by atoms with E-state index in [1.54, 1.807) is 0 Å². The van der Waals surface area contributed by atoms with Gasteiger partial charge in [0.25, 0.3) is 0 Å². The predicted octanol–water partition coefficient (Wildman–Crippen LogP) is 5.31. The Morgan fingerprint density at radius 3 is 2.00 bits per heavy atom. The van der Waals surface area contributed by atoms with Crippen LogP contribution in [0.3, 0.4) is 0 Å². The van der Waals surface area contributed by atoms with Gasteiger partial charge < -0.3 is 10.1 Å². The fraction of sp³-hybridized carbons (Fsp3) is 1.00. The van der Waals surface area contributed by atoms with E-state index in [1.165, 1.54) is 64.2 Å². The van der Waals surface area contributed by atoms with Crippen molar-refractivity contribution in [1.82, 2.24) is 5.32 Å². The van der Waals surface area contributed by atoms with Crippen LogP contribution < -0.4 is 5.32 Å². The molecule has 0 aromatic heterocycles. The summed E-state index contributed by atoms with van der Waals surface area (Å²) in [6.45, 7) is 9.60. The first-order valence-electron chi connectivity index (χ1n) is 9.16. The molecule has 1 unspecified atom stereocenters. The summed E-state index contributed by atoms with van der Waals surface area (Å²) in [5, 5.41) is 3.62. The molecule has 0 bridgehead atoms. The lowest BCUT2D eigenvalue weighted by molar-refractivity contribution is 0.108. The van der Waals surface area contributed by atoms with Gasteiger partial charge in [-0.05, 0) is 25.8 Å². The van der Waals surface area contributed by atoms with Crippen molar-refractivity contribution in [3.05, 3.63) is 0 Å². The summed E-state index contributed by atoms with van der Waals surface area (Å²) in [5.41, 5.74) is 0. The number of unbranched alkanes of at least 4 members (excludes halogenated alkanes) is 7. The minimum atomic E-state index is 0.571. The minimum Gasteiger partial charge on any atom is -0.380 e. The van der Waals surface area contributed by atoms with E-state index >= 15 is 0 Å². The molecular weight excluding hydrogens is 246 g/mol. The lowest BCUT2D eigenvalue weighted by atomic mass is 10.0. The van der Waals surface area contributed by atoms with Crippen LogP contribution in [0.4, 0.5) is 0 Å². The average molecular weight is 286 g/mol. The third kappa shape index (κ3) is 14.3. The molecule has 0 aliphatic rings. The lowest BCUT2D eigenvalue weighted by Crippen LogP contribution is -2.34. The second-order valence-electron chi connectivity index (χ2n) is 5.99. The summed E-state index contributed by atoms with van der Waals surface area (Å²) < 4.78 is 5.70. The highest BCUT2D eigenvalue weighted by atomic mass is 16.5. The molecule has 0 aromatic carbocycles. The molecule has 0 aliphatic heterocycles. The maximum absolute atomic E-state index is 5.70. The average Bonchev–Trinajstić information content (AvgIpc) is 2.47. The number of rotatable bonds is 16. The van der Waals surface area contributed by atoms with Crippen LogP contribution in [0, 0.1) is 0 Å². The number of hydrogen-bond acceptors (Lipinski definition) is 2. The summed E-state index contributed by atoms with van der Waals surface area (Å²) in [6.07, 6.45) is 14.8. The lowest BCUT2D eigenvalue weighted by Gasteiger charge is -2.18. The van der Waals surface area contributed by atoms with Crippen molar-refractivity contribution in [3.63, 3.8) is 0 Å². The van der Waals surface area contributed by atoms with Gasteiger partial charge in [-0.2, -0.15) is 0 Å². The van der Waals surface area contributed by atoms with Gasteiger partial charge >= 0.3 is 0 Å². The third-order valence-electron chi connectivity index (χ3n) is 3.76. The van der Waals surface area contributed by atoms with Crippen molar-refractivity contribution in [2.45, 2.75) is 97.4 Å². The second kappa shape index (κ2) is 17.0. The predicted molar refractivity (Wildman–Crippen MR) is 90.4 cm³/mol. The largest absolute Gasteiger partial charge is 0.380 e. The van der Waals surface area contributed by atoms with E-state index in [0.717, 1.165) is 26.2 Å². The monoisotopic (exact) mass is 285 g/mol. The Balaban J connectivity index is 3.46. The highest BCUT2D eigenvalue weighted by Crippen LogP contribution is 2.11. The maximum atomic E-state index is 5.70. The van der Waals surface area contributed by atoms with Gasteiger partial charge in [-0.25, -0.2) is 0 Å². The van der Waals surface area contributed by atoms with E-state index in [4.69, 9.17) is 4.74 Å². The molecule has 0 saturated heterocycles. The van der Waals surface area contributed by atoms with Gasteiger partial charge in [-0.15, -0.1) is 0 Å². The molecule has 0 aliphatic carbocycles. The summed E-state index contributed by atoms with van der Waals surface area (Å²) in [4.78, 5) is 0. The zero-order valence-corrected chi connectivity index (χ0v) is 14.4. The standard InChI is InChI=1S/C18H39NO/c1-4-7-8-9-10-11-12-13-14-18(19-15-5-2)17-20-16-6-3/h18-19H,4-17H2,1-3H3. The molecule has 1 N–H and O–H groups in total. The van der Waals surface area contributed by atoms with Gasteiger partial charge in [0.1, 0.15) is 0 Å². The van der Waals surface area contributed by atoms with E-state index in [2.05, 4.69) is 26.1 Å². The Kier molecular flexibility index (Phi) is 16.9. The van der Waals surface area contributed by atoms with E-state index in [0.29, 0.717) is 6.04 Å². The highest BCUT2D eigenvalue weighted by molar-refractivity contribution is 4.66. The molecule has 2 nitrogen and oxygen atoms in total. The fourth-order valence-corrected chi connectivity index (χ4v) is 2.49. The molecule has 0 spiro atoms. The number of hydrogen-bond donors (Lipinski definition) is 1. The normalized spacial score (nSPS) is 12.8. The zero-order chi connectivity index (χ0) is 14.9. The van der Waals surface area contributed by atoms with Crippen molar-refractivity contribution in [2.75, 3.05) is 19.8 Å². The molecule has 0 radical (unpaired) electrons. The quantitative estimate of drug-likeness (QED) is 0.388.